The maximum absolute atomic E-state index is 14.1. The van der Waals surface area contributed by atoms with E-state index >= 15 is 0 Å². The first kappa shape index (κ1) is 40.3. The second-order valence-corrected chi connectivity index (χ2v) is 13.6. The average Bonchev–Trinajstić information content (AvgIpc) is 3.50. The van der Waals surface area contributed by atoms with Gasteiger partial charge in [-0.15, -0.1) is 0 Å². The van der Waals surface area contributed by atoms with Crippen LogP contribution in [0, 0.1) is 0 Å². The van der Waals surface area contributed by atoms with Crippen LogP contribution in [0.4, 0.5) is 0 Å². The van der Waals surface area contributed by atoms with Gasteiger partial charge in [-0.25, -0.2) is 4.79 Å². The Morgan fingerprint density at radius 2 is 1.35 bits per heavy atom. The number of aliphatic hydroxyl groups is 1. The van der Waals surface area contributed by atoms with Crippen LogP contribution in [0.25, 0.3) is 0 Å². The molecular weight excluding hydrogens is 686 g/mol. The number of rotatable bonds is 11. The van der Waals surface area contributed by atoms with Gasteiger partial charge in [-0.2, -0.15) is 0 Å². The second kappa shape index (κ2) is 15.3. The summed E-state index contributed by atoms with van der Waals surface area (Å²) in [6.07, 6.45) is -14.8. The molecule has 4 saturated heterocycles. The standard InChI is InChI=1S/C32H47NO18/c1-13(34)33-20-18(43-15(3)36)11-32(29(40)41-10,50-22(20)21(45-17(5)38)19(44-16(4)37)12-42-14(2)35)27(39)25-23-24(48-30(6,7)47-23)26-28(46-25)51-31(8,9)49-26/h18-28,39H,11-12H2,1-10H3,(H,33,34)/t18-,19+,20+,21+,22+,23+,24-,25-,26+,27?,28+,32-/m0/s1. The molecule has 19 nitrogen and oxygen atoms in total. The average molecular weight is 734 g/mol. The van der Waals surface area contributed by atoms with Gasteiger partial charge in [0.1, 0.15) is 49.3 Å². The van der Waals surface area contributed by atoms with E-state index in [0.717, 1.165) is 41.7 Å². The maximum atomic E-state index is 14.1. The zero-order valence-corrected chi connectivity index (χ0v) is 30.2. The van der Waals surface area contributed by atoms with Crippen LogP contribution in [0.5, 0.6) is 0 Å². The highest BCUT2D eigenvalue weighted by atomic mass is 16.9. The van der Waals surface area contributed by atoms with Crippen molar-refractivity contribution in [1.82, 2.24) is 5.32 Å². The molecule has 4 fully saturated rings. The third kappa shape index (κ3) is 8.95. The Labute approximate surface area is 294 Å². The Kier molecular flexibility index (Phi) is 12.1. The molecular formula is C32H47NO18. The van der Waals surface area contributed by atoms with Gasteiger partial charge in [0.25, 0.3) is 0 Å². The van der Waals surface area contributed by atoms with Crippen molar-refractivity contribution in [2.75, 3.05) is 13.7 Å². The van der Waals surface area contributed by atoms with Gasteiger partial charge in [0.2, 0.25) is 5.91 Å². The molecule has 0 saturated carbocycles. The summed E-state index contributed by atoms with van der Waals surface area (Å²) in [4.78, 5) is 75.8. The number of methoxy groups -OCH3 is 1. The number of hydrogen-bond acceptors (Lipinski definition) is 18. The van der Waals surface area contributed by atoms with Crippen molar-refractivity contribution >= 4 is 35.8 Å². The molecule has 0 bridgehead atoms. The summed E-state index contributed by atoms with van der Waals surface area (Å²) in [7, 11) is 1.01. The molecule has 12 atom stereocenters. The lowest BCUT2D eigenvalue weighted by molar-refractivity contribution is -0.301. The van der Waals surface area contributed by atoms with E-state index in [1.54, 1.807) is 27.7 Å². The predicted molar refractivity (Wildman–Crippen MR) is 164 cm³/mol. The van der Waals surface area contributed by atoms with Crippen molar-refractivity contribution in [2.24, 2.45) is 0 Å². The summed E-state index contributed by atoms with van der Waals surface area (Å²) in [6.45, 7) is 11.2. The van der Waals surface area contributed by atoms with Gasteiger partial charge in [-0.3, -0.25) is 24.0 Å². The summed E-state index contributed by atoms with van der Waals surface area (Å²) in [5.41, 5.74) is -2.55. The van der Waals surface area contributed by atoms with Gasteiger partial charge in [0.05, 0.1) is 13.2 Å². The third-order valence-electron chi connectivity index (χ3n) is 8.56. The van der Waals surface area contributed by atoms with E-state index in [1.807, 2.05) is 0 Å². The fourth-order valence-corrected chi connectivity index (χ4v) is 6.94. The van der Waals surface area contributed by atoms with Gasteiger partial charge in [0.15, 0.2) is 35.7 Å². The second-order valence-electron chi connectivity index (χ2n) is 13.6. The minimum absolute atomic E-state index is 0.657. The molecule has 0 aromatic heterocycles. The van der Waals surface area contributed by atoms with E-state index < -0.39 is 133 Å². The number of carbonyl (C=O) groups excluding carboxylic acids is 6. The van der Waals surface area contributed by atoms with Crippen LogP contribution < -0.4 is 5.32 Å². The zero-order chi connectivity index (χ0) is 38.2. The first-order chi connectivity index (χ1) is 23.6. The molecule has 1 amide bonds. The number of esters is 5. The molecule has 0 aliphatic carbocycles. The summed E-state index contributed by atoms with van der Waals surface area (Å²) < 4.78 is 63.9. The fourth-order valence-electron chi connectivity index (χ4n) is 6.94. The molecule has 1 unspecified atom stereocenters. The van der Waals surface area contributed by atoms with E-state index in [2.05, 4.69) is 5.32 Å². The Morgan fingerprint density at radius 1 is 0.765 bits per heavy atom. The van der Waals surface area contributed by atoms with Crippen molar-refractivity contribution in [1.29, 1.82) is 0 Å². The lowest BCUT2D eigenvalue weighted by Crippen LogP contribution is -2.74. The molecule has 4 aliphatic rings. The van der Waals surface area contributed by atoms with Crippen LogP contribution in [0.2, 0.25) is 0 Å². The zero-order valence-electron chi connectivity index (χ0n) is 30.2. The molecule has 4 rings (SSSR count). The lowest BCUT2D eigenvalue weighted by atomic mass is 9.77. The smallest absolute Gasteiger partial charge is 0.341 e. The number of amides is 1. The van der Waals surface area contributed by atoms with Crippen molar-refractivity contribution in [3.05, 3.63) is 0 Å². The van der Waals surface area contributed by atoms with E-state index in [1.165, 1.54) is 0 Å². The van der Waals surface area contributed by atoms with Crippen LogP contribution in [0.15, 0.2) is 0 Å². The number of aliphatic hydroxyl groups excluding tert-OH is 1. The summed E-state index contributed by atoms with van der Waals surface area (Å²) >= 11 is 0. The number of carbonyl (C=O) groups is 6. The van der Waals surface area contributed by atoms with E-state index in [9.17, 15) is 33.9 Å². The Bertz CT molecular complexity index is 1370. The van der Waals surface area contributed by atoms with E-state index in [0.29, 0.717) is 0 Å². The Hall–Kier alpha value is -3.46. The predicted octanol–water partition coefficient (Wildman–Crippen LogP) is -0.693. The Morgan fingerprint density at radius 3 is 1.90 bits per heavy atom. The molecule has 4 aliphatic heterocycles. The van der Waals surface area contributed by atoms with Crippen LogP contribution in [0.1, 0.15) is 68.7 Å². The minimum atomic E-state index is -2.55. The summed E-state index contributed by atoms with van der Waals surface area (Å²) in [5.74, 6) is -7.74. The quantitative estimate of drug-likeness (QED) is 0.197. The Balaban J connectivity index is 1.90. The topological polar surface area (TPSA) is 236 Å². The highest BCUT2D eigenvalue weighted by Gasteiger charge is 2.68. The first-order valence-corrected chi connectivity index (χ1v) is 16.3. The van der Waals surface area contributed by atoms with Gasteiger partial charge in [-0.1, -0.05) is 0 Å². The molecule has 288 valence electrons. The van der Waals surface area contributed by atoms with Crippen molar-refractivity contribution in [3.8, 4) is 0 Å². The molecule has 51 heavy (non-hydrogen) atoms. The number of fused-ring (bicyclic) bond motifs is 3. The van der Waals surface area contributed by atoms with Gasteiger partial charge < -0.3 is 62.5 Å². The van der Waals surface area contributed by atoms with Gasteiger partial charge in [0, 0.05) is 41.0 Å². The summed E-state index contributed by atoms with van der Waals surface area (Å²) in [6, 6.07) is -1.43. The molecule has 0 spiro atoms. The first-order valence-electron chi connectivity index (χ1n) is 16.3. The normalized spacial score (nSPS) is 35.1. The van der Waals surface area contributed by atoms with Gasteiger partial charge in [-0.05, 0) is 27.7 Å². The molecule has 4 heterocycles. The molecule has 0 aromatic carbocycles. The van der Waals surface area contributed by atoms with Crippen molar-refractivity contribution in [3.63, 3.8) is 0 Å². The highest BCUT2D eigenvalue weighted by Crippen LogP contribution is 2.48. The highest BCUT2D eigenvalue weighted by molar-refractivity contribution is 5.81. The number of hydrogen-bond donors (Lipinski definition) is 2. The van der Waals surface area contributed by atoms with Crippen LogP contribution in [0.3, 0.4) is 0 Å². The van der Waals surface area contributed by atoms with Crippen LogP contribution in [-0.2, 0) is 80.9 Å². The monoisotopic (exact) mass is 733 g/mol. The lowest BCUT2D eigenvalue weighted by Gasteiger charge is -2.52. The largest absolute Gasteiger partial charge is 0.467 e. The molecule has 2 N–H and O–H groups in total. The maximum Gasteiger partial charge on any atom is 0.341 e. The summed E-state index contributed by atoms with van der Waals surface area (Å²) in [5, 5.41) is 15.0. The van der Waals surface area contributed by atoms with E-state index in [4.69, 9.17) is 52.1 Å². The van der Waals surface area contributed by atoms with E-state index in [-0.39, 0.29) is 0 Å². The van der Waals surface area contributed by atoms with Crippen molar-refractivity contribution in [2.45, 2.75) is 153 Å². The number of nitrogens with one attached hydrogen (secondary N) is 1. The third-order valence-corrected chi connectivity index (χ3v) is 8.56. The van der Waals surface area contributed by atoms with Crippen molar-refractivity contribution < 1.29 is 86.0 Å². The minimum Gasteiger partial charge on any atom is -0.467 e. The number of ether oxygens (including phenoxy) is 11. The molecule has 0 radical (unpaired) electrons. The van der Waals surface area contributed by atoms with Gasteiger partial charge >= 0.3 is 29.8 Å². The SMILES string of the molecule is COC(=O)[C@@]1(C(O)[C@H]2O[C@@H]3OC(C)(C)O[C@@H]3[C@H]3OC(C)(C)O[C@H]32)C[C@H](OC(C)=O)[C@@H](NC(C)=O)[C@H]([C@H](OC(C)=O)[C@@H](COC(C)=O)OC(C)=O)O1. The fraction of sp³-hybridized carbons (Fsp3) is 0.812. The van der Waals surface area contributed by atoms with Crippen LogP contribution in [-0.4, -0.2) is 139 Å². The van der Waals surface area contributed by atoms with Crippen LogP contribution >= 0.6 is 0 Å². The molecule has 0 aromatic rings. The molecule has 19 heteroatoms.